The molecule has 0 radical (unpaired) electrons. The first-order chi connectivity index (χ1) is 10.5. The van der Waals surface area contributed by atoms with Crippen LogP contribution in [-0.4, -0.2) is 17.0 Å². The molecule has 0 aliphatic heterocycles. The van der Waals surface area contributed by atoms with E-state index in [1.54, 1.807) is 23.7 Å². The minimum atomic E-state index is -0.556. The predicted octanol–water partition coefficient (Wildman–Crippen LogP) is 2.95. The Bertz CT molecular complexity index is 551. The van der Waals surface area contributed by atoms with Crippen molar-refractivity contribution in [3.63, 3.8) is 0 Å². The average molecular weight is 304 g/mol. The van der Waals surface area contributed by atoms with Crippen LogP contribution in [0.3, 0.4) is 0 Å². The fourth-order valence-electron chi connectivity index (χ4n) is 3.03. The zero-order valence-corrected chi connectivity index (χ0v) is 13.2. The maximum absolute atomic E-state index is 12.5. The number of hydroxylamine groups is 1. The van der Waals surface area contributed by atoms with Gasteiger partial charge in [0.15, 0.2) is 0 Å². The average Bonchev–Trinajstić information content (AvgIpc) is 2.54. The summed E-state index contributed by atoms with van der Waals surface area (Å²) in [6.07, 6.45) is 5.27. The van der Waals surface area contributed by atoms with Crippen molar-refractivity contribution in [1.82, 2.24) is 10.8 Å². The van der Waals surface area contributed by atoms with Crippen LogP contribution in [0.25, 0.3) is 0 Å². The molecule has 5 heteroatoms. The molecular formula is C17H24N2O3. The van der Waals surface area contributed by atoms with Crippen molar-refractivity contribution < 1.29 is 14.8 Å². The molecule has 2 rings (SSSR count). The standard InChI is InChI=1S/C17H24N2O3/c1-12(13-7-6-8-14(11-13)15(20)19-22)18-16(21)17(2)9-4-3-5-10-17/h6-8,11-12,22H,3-5,9-10H2,1-2H3,(H,18,21)(H,19,20)/t12-/m1/s1. The number of benzene rings is 1. The highest BCUT2D eigenvalue weighted by atomic mass is 16.5. The summed E-state index contributed by atoms with van der Waals surface area (Å²) in [7, 11) is 0. The number of carbonyl (C=O) groups excluding carboxylic acids is 2. The SMILES string of the molecule is C[C@@H](NC(=O)C1(C)CCCCC1)c1cccc(C(=O)NO)c1. The zero-order chi connectivity index (χ0) is 16.2. The first-order valence-electron chi connectivity index (χ1n) is 7.82. The Hall–Kier alpha value is -1.88. The number of rotatable bonds is 4. The lowest BCUT2D eigenvalue weighted by Gasteiger charge is -2.33. The van der Waals surface area contributed by atoms with Gasteiger partial charge in [0, 0.05) is 11.0 Å². The number of carbonyl (C=O) groups is 2. The quantitative estimate of drug-likeness (QED) is 0.591. The van der Waals surface area contributed by atoms with Crippen molar-refractivity contribution in [3.05, 3.63) is 35.4 Å². The van der Waals surface area contributed by atoms with Crippen LogP contribution in [0.1, 0.15) is 67.9 Å². The minimum Gasteiger partial charge on any atom is -0.349 e. The summed E-state index contributed by atoms with van der Waals surface area (Å²) >= 11 is 0. The van der Waals surface area contributed by atoms with E-state index in [0.29, 0.717) is 5.56 Å². The highest BCUT2D eigenvalue weighted by molar-refractivity contribution is 5.93. The molecule has 1 aromatic carbocycles. The van der Waals surface area contributed by atoms with E-state index in [1.807, 2.05) is 19.9 Å². The minimum absolute atomic E-state index is 0.0803. The Labute approximate surface area is 131 Å². The molecule has 1 aliphatic rings. The Morgan fingerprint density at radius 2 is 1.91 bits per heavy atom. The van der Waals surface area contributed by atoms with Gasteiger partial charge >= 0.3 is 0 Å². The molecule has 0 aromatic heterocycles. The third-order valence-electron chi connectivity index (χ3n) is 4.60. The lowest BCUT2D eigenvalue weighted by Crippen LogP contribution is -2.41. The third-order valence-corrected chi connectivity index (χ3v) is 4.60. The molecule has 5 nitrogen and oxygen atoms in total. The van der Waals surface area contributed by atoms with Gasteiger partial charge in [-0.2, -0.15) is 0 Å². The first kappa shape index (κ1) is 16.5. The molecule has 1 fully saturated rings. The topological polar surface area (TPSA) is 78.4 Å². The van der Waals surface area contributed by atoms with Gasteiger partial charge in [0.2, 0.25) is 5.91 Å². The maximum atomic E-state index is 12.5. The molecule has 1 saturated carbocycles. The molecule has 1 aliphatic carbocycles. The fraction of sp³-hybridized carbons (Fsp3) is 0.529. The summed E-state index contributed by atoms with van der Waals surface area (Å²) in [5.74, 6) is -0.476. The molecule has 1 aromatic rings. The first-order valence-corrected chi connectivity index (χ1v) is 7.82. The van der Waals surface area contributed by atoms with Gasteiger partial charge in [-0.05, 0) is 37.5 Å². The second-order valence-corrected chi connectivity index (χ2v) is 6.38. The van der Waals surface area contributed by atoms with E-state index >= 15 is 0 Å². The van der Waals surface area contributed by atoms with E-state index in [4.69, 9.17) is 5.21 Å². The summed E-state index contributed by atoms with van der Waals surface area (Å²) < 4.78 is 0. The lowest BCUT2D eigenvalue weighted by molar-refractivity contribution is -0.132. The molecule has 0 unspecified atom stereocenters. The molecule has 0 saturated heterocycles. The van der Waals surface area contributed by atoms with Gasteiger partial charge in [-0.15, -0.1) is 0 Å². The van der Waals surface area contributed by atoms with E-state index in [0.717, 1.165) is 31.2 Å². The van der Waals surface area contributed by atoms with Gasteiger partial charge in [-0.3, -0.25) is 14.8 Å². The zero-order valence-electron chi connectivity index (χ0n) is 13.2. The van der Waals surface area contributed by atoms with E-state index in [1.165, 1.54) is 6.42 Å². The highest BCUT2D eigenvalue weighted by Gasteiger charge is 2.35. The van der Waals surface area contributed by atoms with E-state index in [2.05, 4.69) is 5.32 Å². The summed E-state index contributed by atoms with van der Waals surface area (Å²) in [6, 6.07) is 6.72. The monoisotopic (exact) mass is 304 g/mol. The van der Waals surface area contributed by atoms with Crippen molar-refractivity contribution in [3.8, 4) is 0 Å². The van der Waals surface area contributed by atoms with Gasteiger partial charge in [0.1, 0.15) is 0 Å². The Balaban J connectivity index is 2.07. The normalized spacial score (nSPS) is 18.3. The number of hydrogen-bond donors (Lipinski definition) is 3. The molecule has 2 amide bonds. The summed E-state index contributed by atoms with van der Waals surface area (Å²) in [5.41, 5.74) is 2.54. The Morgan fingerprint density at radius 3 is 2.55 bits per heavy atom. The van der Waals surface area contributed by atoms with Crippen LogP contribution in [0.2, 0.25) is 0 Å². The van der Waals surface area contributed by atoms with E-state index in [-0.39, 0.29) is 17.4 Å². The summed E-state index contributed by atoms with van der Waals surface area (Å²) in [6.45, 7) is 3.93. The van der Waals surface area contributed by atoms with Gasteiger partial charge in [-0.1, -0.05) is 38.3 Å². The van der Waals surface area contributed by atoms with Crippen LogP contribution in [0.5, 0.6) is 0 Å². The van der Waals surface area contributed by atoms with Crippen molar-refractivity contribution in [1.29, 1.82) is 0 Å². The van der Waals surface area contributed by atoms with E-state index in [9.17, 15) is 9.59 Å². The Morgan fingerprint density at radius 1 is 1.23 bits per heavy atom. The lowest BCUT2D eigenvalue weighted by atomic mass is 9.75. The fourth-order valence-corrected chi connectivity index (χ4v) is 3.03. The smallest absolute Gasteiger partial charge is 0.274 e. The summed E-state index contributed by atoms with van der Waals surface area (Å²) in [5, 5.41) is 11.8. The predicted molar refractivity (Wildman–Crippen MR) is 83.4 cm³/mol. The number of amides is 2. The van der Waals surface area contributed by atoms with Crippen LogP contribution < -0.4 is 10.8 Å². The van der Waals surface area contributed by atoms with Crippen LogP contribution in [0.15, 0.2) is 24.3 Å². The highest BCUT2D eigenvalue weighted by Crippen LogP contribution is 2.36. The van der Waals surface area contributed by atoms with Crippen LogP contribution in [0.4, 0.5) is 0 Å². The molecule has 0 heterocycles. The Kier molecular flexibility index (Phi) is 5.19. The van der Waals surface area contributed by atoms with Crippen molar-refractivity contribution in [2.45, 2.75) is 52.0 Å². The third kappa shape index (κ3) is 3.65. The van der Waals surface area contributed by atoms with Gasteiger partial charge in [-0.25, -0.2) is 5.48 Å². The summed E-state index contributed by atoms with van der Waals surface area (Å²) in [4.78, 5) is 24.0. The van der Waals surface area contributed by atoms with Crippen molar-refractivity contribution in [2.24, 2.45) is 5.41 Å². The van der Waals surface area contributed by atoms with Crippen LogP contribution in [-0.2, 0) is 4.79 Å². The van der Waals surface area contributed by atoms with Crippen molar-refractivity contribution >= 4 is 11.8 Å². The largest absolute Gasteiger partial charge is 0.349 e. The molecule has 0 spiro atoms. The van der Waals surface area contributed by atoms with Gasteiger partial charge in [0.25, 0.3) is 5.91 Å². The molecule has 0 bridgehead atoms. The van der Waals surface area contributed by atoms with Gasteiger partial charge < -0.3 is 5.32 Å². The second kappa shape index (κ2) is 6.92. The molecule has 3 N–H and O–H groups in total. The van der Waals surface area contributed by atoms with Crippen LogP contribution in [0, 0.1) is 5.41 Å². The second-order valence-electron chi connectivity index (χ2n) is 6.38. The van der Waals surface area contributed by atoms with Crippen LogP contribution >= 0.6 is 0 Å². The number of nitrogens with one attached hydrogen (secondary N) is 2. The van der Waals surface area contributed by atoms with Gasteiger partial charge in [0.05, 0.1) is 6.04 Å². The molecule has 120 valence electrons. The molecule has 1 atom stereocenters. The van der Waals surface area contributed by atoms with E-state index < -0.39 is 5.91 Å². The number of hydrogen-bond acceptors (Lipinski definition) is 3. The maximum Gasteiger partial charge on any atom is 0.274 e. The van der Waals surface area contributed by atoms with Crippen molar-refractivity contribution in [2.75, 3.05) is 0 Å². The molecule has 22 heavy (non-hydrogen) atoms. The molecular weight excluding hydrogens is 280 g/mol.